The maximum Gasteiger partial charge on any atom is 0.259 e. The molecule has 3 aromatic heterocycles. The number of piperazine rings is 1. The molecule has 28 heavy (non-hydrogen) atoms. The van der Waals surface area contributed by atoms with Gasteiger partial charge in [0.2, 0.25) is 11.7 Å². The van der Waals surface area contributed by atoms with E-state index in [-0.39, 0.29) is 5.91 Å². The molecule has 146 valence electrons. The third-order valence-electron chi connectivity index (χ3n) is 4.91. The molecule has 0 atom stereocenters. The zero-order valence-corrected chi connectivity index (χ0v) is 16.2. The summed E-state index contributed by atoms with van der Waals surface area (Å²) in [6.45, 7) is 8.19. The van der Waals surface area contributed by atoms with Crippen LogP contribution in [0.5, 0.6) is 0 Å². The summed E-state index contributed by atoms with van der Waals surface area (Å²) in [7, 11) is 0. The Morgan fingerprint density at radius 3 is 2.46 bits per heavy atom. The molecule has 1 fully saturated rings. The lowest BCUT2D eigenvalue weighted by Gasteiger charge is -2.35. The first-order valence-electron chi connectivity index (χ1n) is 9.33. The average molecular weight is 382 g/mol. The third-order valence-corrected chi connectivity index (χ3v) is 4.91. The van der Waals surface area contributed by atoms with Gasteiger partial charge in [0.15, 0.2) is 0 Å². The summed E-state index contributed by atoms with van der Waals surface area (Å²) in [5.41, 5.74) is 2.02. The number of hydrogen-bond acceptors (Lipinski definition) is 8. The Morgan fingerprint density at radius 2 is 1.89 bits per heavy atom. The van der Waals surface area contributed by atoms with Crippen molar-refractivity contribution >= 4 is 11.7 Å². The lowest BCUT2D eigenvalue weighted by molar-refractivity contribution is 0.0744. The van der Waals surface area contributed by atoms with E-state index in [2.05, 4.69) is 25.2 Å². The number of carbonyl (C=O) groups is 1. The molecule has 1 aliphatic heterocycles. The van der Waals surface area contributed by atoms with Gasteiger partial charge in [0.1, 0.15) is 17.1 Å². The summed E-state index contributed by atoms with van der Waals surface area (Å²) in [6, 6.07) is 3.89. The number of amides is 1. The summed E-state index contributed by atoms with van der Waals surface area (Å²) in [6.07, 6.45) is 2.45. The fraction of sp³-hybridized carbons (Fsp3) is 0.421. The van der Waals surface area contributed by atoms with Gasteiger partial charge in [-0.1, -0.05) is 17.2 Å². The molecule has 1 saturated heterocycles. The highest BCUT2D eigenvalue weighted by atomic mass is 16.5. The summed E-state index contributed by atoms with van der Waals surface area (Å²) in [5, 5.41) is 7.85. The van der Waals surface area contributed by atoms with Crippen molar-refractivity contribution in [1.82, 2.24) is 25.2 Å². The topological polar surface area (TPSA) is 101 Å². The molecule has 4 heterocycles. The molecule has 0 radical (unpaired) electrons. The molecule has 1 amide bonds. The van der Waals surface area contributed by atoms with Gasteiger partial charge in [0, 0.05) is 44.4 Å². The van der Waals surface area contributed by atoms with Crippen LogP contribution in [0.1, 0.15) is 34.6 Å². The molecule has 0 aliphatic carbocycles. The molecule has 0 N–H and O–H groups in total. The van der Waals surface area contributed by atoms with Gasteiger partial charge < -0.3 is 18.8 Å². The van der Waals surface area contributed by atoms with Crippen molar-refractivity contribution in [1.29, 1.82) is 0 Å². The summed E-state index contributed by atoms with van der Waals surface area (Å²) >= 11 is 0. The minimum atomic E-state index is -0.0250. The maximum atomic E-state index is 12.7. The monoisotopic (exact) mass is 382 g/mol. The van der Waals surface area contributed by atoms with Gasteiger partial charge in [-0.25, -0.2) is 4.98 Å². The van der Waals surface area contributed by atoms with Crippen molar-refractivity contribution in [2.75, 3.05) is 31.1 Å². The Kier molecular flexibility index (Phi) is 4.81. The number of rotatable bonds is 4. The Labute approximate surface area is 162 Å². The largest absolute Gasteiger partial charge is 0.361 e. The van der Waals surface area contributed by atoms with Crippen LogP contribution in [0.4, 0.5) is 5.82 Å². The highest BCUT2D eigenvalue weighted by Crippen LogP contribution is 2.21. The number of anilines is 1. The molecule has 0 saturated carbocycles. The second kappa shape index (κ2) is 7.41. The van der Waals surface area contributed by atoms with Gasteiger partial charge in [0.05, 0.1) is 5.69 Å². The van der Waals surface area contributed by atoms with Gasteiger partial charge in [-0.15, -0.1) is 0 Å². The number of carbonyl (C=O) groups excluding carboxylic acids is 1. The molecular formula is C19H22N6O3. The number of hydrogen-bond donors (Lipinski definition) is 0. The predicted octanol–water partition coefficient (Wildman–Crippen LogP) is 2.26. The van der Waals surface area contributed by atoms with Crippen LogP contribution in [0.25, 0.3) is 11.4 Å². The van der Waals surface area contributed by atoms with Gasteiger partial charge in [-0.05, 0) is 26.0 Å². The van der Waals surface area contributed by atoms with E-state index in [9.17, 15) is 4.79 Å². The van der Waals surface area contributed by atoms with Crippen LogP contribution in [0.3, 0.4) is 0 Å². The smallest absolute Gasteiger partial charge is 0.259 e. The molecule has 0 bridgehead atoms. The van der Waals surface area contributed by atoms with E-state index < -0.39 is 0 Å². The second-order valence-corrected chi connectivity index (χ2v) is 6.75. The number of pyridine rings is 1. The van der Waals surface area contributed by atoms with Crippen molar-refractivity contribution in [3.8, 4) is 11.4 Å². The molecular weight excluding hydrogens is 360 g/mol. The fourth-order valence-electron chi connectivity index (χ4n) is 3.31. The van der Waals surface area contributed by atoms with Crippen LogP contribution in [0.15, 0.2) is 27.4 Å². The fourth-order valence-corrected chi connectivity index (χ4v) is 3.31. The summed E-state index contributed by atoms with van der Waals surface area (Å²) in [4.78, 5) is 25.6. The highest BCUT2D eigenvalue weighted by Gasteiger charge is 2.27. The molecule has 4 rings (SSSR count). The summed E-state index contributed by atoms with van der Waals surface area (Å²) < 4.78 is 10.3. The number of aryl methyl sites for hydroxylation is 3. The minimum Gasteiger partial charge on any atom is -0.361 e. The minimum absolute atomic E-state index is 0.0250. The maximum absolute atomic E-state index is 12.7. The Hall–Kier alpha value is -3.23. The predicted molar refractivity (Wildman–Crippen MR) is 101 cm³/mol. The van der Waals surface area contributed by atoms with Gasteiger partial charge in [-0.3, -0.25) is 4.79 Å². The lowest BCUT2D eigenvalue weighted by atomic mass is 10.1. The zero-order valence-electron chi connectivity index (χ0n) is 16.2. The molecule has 1 aliphatic rings. The van der Waals surface area contributed by atoms with E-state index in [1.807, 2.05) is 24.0 Å². The standard InChI is InChI=1S/C19H22N6O3/c1-4-16-21-18(23-28-16)14-5-6-15(20-11-14)24-7-9-25(10-8-24)19(26)17-12(2)22-27-13(17)3/h5-6,11H,4,7-10H2,1-3H3. The molecule has 9 nitrogen and oxygen atoms in total. The normalized spacial score (nSPS) is 14.5. The molecule has 0 aromatic carbocycles. The first-order chi connectivity index (χ1) is 13.6. The number of aromatic nitrogens is 4. The second-order valence-electron chi connectivity index (χ2n) is 6.75. The van der Waals surface area contributed by atoms with Crippen molar-refractivity contribution in [3.05, 3.63) is 41.2 Å². The highest BCUT2D eigenvalue weighted by molar-refractivity contribution is 5.96. The third kappa shape index (κ3) is 3.35. The van der Waals surface area contributed by atoms with Crippen molar-refractivity contribution in [3.63, 3.8) is 0 Å². The van der Waals surface area contributed by atoms with Crippen LogP contribution in [-0.2, 0) is 6.42 Å². The quantitative estimate of drug-likeness (QED) is 0.677. The van der Waals surface area contributed by atoms with Crippen LogP contribution >= 0.6 is 0 Å². The van der Waals surface area contributed by atoms with E-state index in [0.717, 1.165) is 11.4 Å². The van der Waals surface area contributed by atoms with E-state index in [1.54, 1.807) is 20.0 Å². The van der Waals surface area contributed by atoms with Crippen molar-refractivity contribution < 1.29 is 13.8 Å². The Morgan fingerprint density at radius 1 is 1.11 bits per heavy atom. The average Bonchev–Trinajstić information content (AvgIpc) is 3.34. The van der Waals surface area contributed by atoms with Crippen molar-refractivity contribution in [2.24, 2.45) is 0 Å². The SMILES string of the molecule is CCc1nc(-c2ccc(N3CCN(C(=O)c4c(C)noc4C)CC3)nc2)no1. The van der Waals surface area contributed by atoms with Crippen LogP contribution in [0, 0.1) is 13.8 Å². The number of nitrogens with zero attached hydrogens (tertiary/aromatic N) is 6. The zero-order chi connectivity index (χ0) is 19.7. The van der Waals surface area contributed by atoms with Gasteiger partial charge in [-0.2, -0.15) is 4.98 Å². The van der Waals surface area contributed by atoms with E-state index >= 15 is 0 Å². The Bertz CT molecular complexity index is 950. The molecule has 9 heteroatoms. The molecule has 0 unspecified atom stereocenters. The summed E-state index contributed by atoms with van der Waals surface area (Å²) in [5.74, 6) is 2.56. The van der Waals surface area contributed by atoms with Crippen LogP contribution in [-0.4, -0.2) is 57.3 Å². The lowest BCUT2D eigenvalue weighted by Crippen LogP contribution is -2.49. The van der Waals surface area contributed by atoms with Gasteiger partial charge in [0.25, 0.3) is 5.91 Å². The molecule has 0 spiro atoms. The van der Waals surface area contributed by atoms with Crippen LogP contribution < -0.4 is 4.90 Å². The van der Waals surface area contributed by atoms with Gasteiger partial charge >= 0.3 is 0 Å². The first-order valence-corrected chi connectivity index (χ1v) is 9.33. The molecule has 3 aromatic rings. The van der Waals surface area contributed by atoms with E-state index in [4.69, 9.17) is 9.05 Å². The van der Waals surface area contributed by atoms with E-state index in [1.165, 1.54) is 0 Å². The van der Waals surface area contributed by atoms with E-state index in [0.29, 0.717) is 61.3 Å². The van der Waals surface area contributed by atoms with Crippen molar-refractivity contribution in [2.45, 2.75) is 27.2 Å². The Balaban J connectivity index is 1.40. The first kappa shape index (κ1) is 18.1. The van der Waals surface area contributed by atoms with Crippen LogP contribution in [0.2, 0.25) is 0 Å².